The highest BCUT2D eigenvalue weighted by Crippen LogP contribution is 2.37. The molecule has 0 N–H and O–H groups in total. The van der Waals surface area contributed by atoms with Crippen LogP contribution in [-0.4, -0.2) is 14.5 Å². The van der Waals surface area contributed by atoms with E-state index >= 15 is 0 Å². The number of nitrogens with zero attached hydrogens (tertiary/aromatic N) is 3. The second-order valence-corrected chi connectivity index (χ2v) is 11.5. The minimum absolute atomic E-state index is 0.971. The van der Waals surface area contributed by atoms with Gasteiger partial charge in [-0.2, -0.15) is 0 Å². The molecule has 0 saturated carbocycles. The van der Waals surface area contributed by atoms with E-state index in [9.17, 15) is 0 Å². The largest absolute Gasteiger partial charge is 0.309 e. The first-order chi connectivity index (χ1) is 19.3. The molecule has 3 nitrogen and oxygen atoms in total. The highest BCUT2D eigenvalue weighted by Gasteiger charge is 2.15. The Hall–Kier alpha value is -4.58. The fourth-order valence-corrected chi connectivity index (χ4v) is 7.05. The van der Waals surface area contributed by atoms with E-state index in [1.807, 2.05) is 12.3 Å². The molecule has 0 bridgehead atoms. The first-order valence-electron chi connectivity index (χ1n) is 12.8. The van der Waals surface area contributed by atoms with E-state index in [4.69, 9.17) is 9.97 Å². The van der Waals surface area contributed by atoms with Crippen LogP contribution in [0.4, 0.5) is 0 Å². The standard InChI is InChI=1S/C34H21N3S2/c1-3-11-30-26(9-1)27-15-14-24(34-36-28-10-2-4-12-33(28)39-34)21-31(27)37(30)25-8-5-7-22(19-25)29-20-23(16-17-35-29)32-13-6-18-38-32/h1-21H. The average molecular weight is 536 g/mol. The third kappa shape index (κ3) is 3.78. The maximum Gasteiger partial charge on any atom is 0.124 e. The fraction of sp³-hybridized carbons (Fsp3) is 0. The van der Waals surface area contributed by atoms with Gasteiger partial charge in [-0.05, 0) is 65.5 Å². The predicted molar refractivity (Wildman–Crippen MR) is 166 cm³/mol. The van der Waals surface area contributed by atoms with Crippen molar-refractivity contribution in [1.29, 1.82) is 0 Å². The maximum atomic E-state index is 4.93. The van der Waals surface area contributed by atoms with Gasteiger partial charge in [-0.25, -0.2) is 4.98 Å². The van der Waals surface area contributed by atoms with E-state index in [0.717, 1.165) is 33.0 Å². The lowest BCUT2D eigenvalue weighted by Crippen LogP contribution is -1.95. The smallest absolute Gasteiger partial charge is 0.124 e. The number of hydrogen-bond donors (Lipinski definition) is 0. The molecule has 0 unspecified atom stereocenters. The van der Waals surface area contributed by atoms with Crippen LogP contribution in [0.25, 0.3) is 70.0 Å². The lowest BCUT2D eigenvalue weighted by molar-refractivity contribution is 1.18. The maximum absolute atomic E-state index is 4.93. The summed E-state index contributed by atoms with van der Waals surface area (Å²) in [5, 5.41) is 5.63. The van der Waals surface area contributed by atoms with Crippen molar-refractivity contribution in [3.8, 4) is 38.0 Å². The Morgan fingerprint density at radius 1 is 0.615 bits per heavy atom. The normalized spacial score (nSPS) is 11.6. The summed E-state index contributed by atoms with van der Waals surface area (Å²) in [5.74, 6) is 0. The van der Waals surface area contributed by atoms with E-state index in [2.05, 4.69) is 119 Å². The second-order valence-electron chi connectivity index (χ2n) is 9.53. The molecule has 0 radical (unpaired) electrons. The molecular formula is C34H21N3S2. The number of benzene rings is 4. The van der Waals surface area contributed by atoms with Crippen LogP contribution in [-0.2, 0) is 0 Å². The minimum Gasteiger partial charge on any atom is -0.309 e. The molecule has 5 heteroatoms. The Morgan fingerprint density at radius 3 is 2.44 bits per heavy atom. The molecule has 0 aliphatic rings. The summed E-state index contributed by atoms with van der Waals surface area (Å²) in [6.45, 7) is 0. The molecule has 0 fully saturated rings. The first-order valence-corrected chi connectivity index (χ1v) is 14.5. The predicted octanol–water partition coefficient (Wildman–Crippen LogP) is 9.85. The van der Waals surface area contributed by atoms with Crippen LogP contribution in [0.1, 0.15) is 0 Å². The molecule has 0 atom stereocenters. The van der Waals surface area contributed by atoms with E-state index < -0.39 is 0 Å². The summed E-state index contributed by atoms with van der Waals surface area (Å²) in [4.78, 5) is 10.9. The molecule has 0 spiro atoms. The summed E-state index contributed by atoms with van der Waals surface area (Å²) in [6.07, 6.45) is 1.90. The molecule has 0 aliphatic carbocycles. The van der Waals surface area contributed by atoms with Gasteiger partial charge in [-0.1, -0.05) is 60.7 Å². The lowest BCUT2D eigenvalue weighted by atomic mass is 10.1. The van der Waals surface area contributed by atoms with Gasteiger partial charge in [0.25, 0.3) is 0 Å². The zero-order valence-corrected chi connectivity index (χ0v) is 22.4. The lowest BCUT2D eigenvalue weighted by Gasteiger charge is -2.11. The number of rotatable bonds is 4. The molecular weight excluding hydrogens is 515 g/mol. The molecule has 8 rings (SSSR count). The Balaban J connectivity index is 1.31. The number of hydrogen-bond acceptors (Lipinski definition) is 4. The van der Waals surface area contributed by atoms with Crippen molar-refractivity contribution in [2.24, 2.45) is 0 Å². The average Bonchev–Trinajstić information content (AvgIpc) is 3.75. The van der Waals surface area contributed by atoms with E-state index in [0.29, 0.717) is 0 Å². The molecule has 8 aromatic rings. The Kier molecular flexibility index (Phi) is 5.18. The summed E-state index contributed by atoms with van der Waals surface area (Å²) in [7, 11) is 0. The monoisotopic (exact) mass is 535 g/mol. The zero-order chi connectivity index (χ0) is 25.8. The van der Waals surface area contributed by atoms with Gasteiger partial charge in [0, 0.05) is 38.7 Å². The molecule has 184 valence electrons. The van der Waals surface area contributed by atoms with Crippen molar-refractivity contribution in [2.45, 2.75) is 0 Å². The fourth-order valence-electron chi connectivity index (χ4n) is 5.37. The van der Waals surface area contributed by atoms with E-state index in [1.165, 1.54) is 36.9 Å². The summed E-state index contributed by atoms with van der Waals surface area (Å²) in [5.41, 5.74) is 8.91. The van der Waals surface area contributed by atoms with Crippen LogP contribution < -0.4 is 0 Å². The van der Waals surface area contributed by atoms with Crippen LogP contribution in [0.2, 0.25) is 0 Å². The second kappa shape index (κ2) is 9.02. The van der Waals surface area contributed by atoms with Gasteiger partial charge < -0.3 is 4.57 Å². The van der Waals surface area contributed by atoms with Gasteiger partial charge in [-0.3, -0.25) is 4.98 Å². The van der Waals surface area contributed by atoms with Crippen LogP contribution in [0.3, 0.4) is 0 Å². The van der Waals surface area contributed by atoms with Crippen LogP contribution in [0.5, 0.6) is 0 Å². The molecule has 4 heterocycles. The number of aromatic nitrogens is 3. The summed E-state index contributed by atoms with van der Waals surface area (Å²) >= 11 is 3.49. The van der Waals surface area contributed by atoms with Crippen LogP contribution >= 0.6 is 22.7 Å². The van der Waals surface area contributed by atoms with Gasteiger partial charge >= 0.3 is 0 Å². The highest BCUT2D eigenvalue weighted by molar-refractivity contribution is 7.21. The van der Waals surface area contributed by atoms with Crippen molar-refractivity contribution in [3.63, 3.8) is 0 Å². The van der Waals surface area contributed by atoms with Gasteiger partial charge in [-0.15, -0.1) is 22.7 Å². The molecule has 4 aromatic heterocycles. The SMILES string of the molecule is c1cc(-c2cc(-c3cccs3)ccn2)cc(-n2c3ccccc3c3ccc(-c4nc5ccccc5s4)cc32)c1. The Morgan fingerprint density at radius 2 is 1.51 bits per heavy atom. The molecule has 0 saturated heterocycles. The van der Waals surface area contributed by atoms with Crippen molar-refractivity contribution in [3.05, 3.63) is 127 Å². The number of pyridine rings is 1. The Bertz CT molecular complexity index is 2100. The number of para-hydroxylation sites is 2. The third-order valence-electron chi connectivity index (χ3n) is 7.18. The van der Waals surface area contributed by atoms with E-state index in [-0.39, 0.29) is 0 Å². The van der Waals surface area contributed by atoms with Crippen molar-refractivity contribution < 1.29 is 0 Å². The molecule has 39 heavy (non-hydrogen) atoms. The molecule has 0 amide bonds. The highest BCUT2D eigenvalue weighted by atomic mass is 32.1. The minimum atomic E-state index is 0.971. The number of fused-ring (bicyclic) bond motifs is 4. The van der Waals surface area contributed by atoms with Crippen molar-refractivity contribution >= 4 is 54.7 Å². The van der Waals surface area contributed by atoms with Gasteiger partial charge in [0.05, 0.1) is 26.9 Å². The van der Waals surface area contributed by atoms with Crippen molar-refractivity contribution in [2.75, 3.05) is 0 Å². The third-order valence-corrected chi connectivity index (χ3v) is 9.18. The van der Waals surface area contributed by atoms with Crippen molar-refractivity contribution in [1.82, 2.24) is 14.5 Å². The summed E-state index contributed by atoms with van der Waals surface area (Å²) in [6, 6.07) is 40.9. The van der Waals surface area contributed by atoms with Crippen LogP contribution in [0, 0.1) is 0 Å². The molecule has 0 aliphatic heterocycles. The van der Waals surface area contributed by atoms with E-state index in [1.54, 1.807) is 22.7 Å². The zero-order valence-electron chi connectivity index (χ0n) is 20.8. The van der Waals surface area contributed by atoms with Gasteiger partial charge in [0.15, 0.2) is 0 Å². The Labute approximate surface area is 233 Å². The quantitative estimate of drug-likeness (QED) is 0.224. The number of thiazole rings is 1. The first kappa shape index (κ1) is 22.4. The summed E-state index contributed by atoms with van der Waals surface area (Å²) < 4.78 is 3.58. The molecule has 4 aromatic carbocycles. The number of thiophene rings is 1. The van der Waals surface area contributed by atoms with Crippen LogP contribution in [0.15, 0.2) is 127 Å². The topological polar surface area (TPSA) is 30.7 Å². The van der Waals surface area contributed by atoms with Gasteiger partial charge in [0.1, 0.15) is 5.01 Å². The van der Waals surface area contributed by atoms with Gasteiger partial charge in [0.2, 0.25) is 0 Å².